The largest absolute Gasteiger partial charge is 0.356 e. The predicted molar refractivity (Wildman–Crippen MR) is 124 cm³/mol. The van der Waals surface area contributed by atoms with Crippen LogP contribution in [0.15, 0.2) is 47.6 Å². The second kappa shape index (κ2) is 10.4. The molecule has 0 aliphatic carbocycles. The summed E-state index contributed by atoms with van der Waals surface area (Å²) >= 11 is 1.38. The topological polar surface area (TPSA) is 76.9 Å². The quantitative estimate of drug-likeness (QED) is 0.404. The van der Waals surface area contributed by atoms with Gasteiger partial charge in [-0.3, -0.25) is 14.2 Å². The van der Waals surface area contributed by atoms with Gasteiger partial charge in [0.2, 0.25) is 5.91 Å². The van der Waals surface area contributed by atoms with Crippen molar-refractivity contribution in [2.45, 2.75) is 45.7 Å². The molecule has 0 radical (unpaired) electrons. The highest BCUT2D eigenvalue weighted by Gasteiger charge is 2.17. The first kappa shape index (κ1) is 22.7. The lowest BCUT2D eigenvalue weighted by atomic mass is 10.1. The van der Waals surface area contributed by atoms with Crippen LogP contribution in [0.3, 0.4) is 0 Å². The highest BCUT2D eigenvalue weighted by molar-refractivity contribution is 7.99. The van der Waals surface area contributed by atoms with Gasteiger partial charge < -0.3 is 5.32 Å². The van der Waals surface area contributed by atoms with Gasteiger partial charge in [0.05, 0.1) is 5.75 Å². The number of hydrogen-bond acceptors (Lipinski definition) is 5. The maximum Gasteiger partial charge on any atom is 0.216 e. The van der Waals surface area contributed by atoms with E-state index in [1.54, 1.807) is 0 Å². The zero-order chi connectivity index (χ0) is 22.4. The molecule has 0 aliphatic heterocycles. The van der Waals surface area contributed by atoms with E-state index in [2.05, 4.69) is 48.4 Å². The summed E-state index contributed by atoms with van der Waals surface area (Å²) in [5.74, 6) is 1.01. The van der Waals surface area contributed by atoms with Crippen molar-refractivity contribution < 1.29 is 9.59 Å². The van der Waals surface area contributed by atoms with Crippen LogP contribution in [-0.2, 0) is 17.6 Å². The summed E-state index contributed by atoms with van der Waals surface area (Å²) in [6, 6.07) is 13.9. The molecule has 0 fully saturated rings. The van der Waals surface area contributed by atoms with Crippen LogP contribution in [0, 0.1) is 13.8 Å². The minimum atomic E-state index is -0.0773. The second-order valence-corrected chi connectivity index (χ2v) is 8.44. The molecule has 1 amide bonds. The number of Topliss-reactive ketones (excluding diaryl/α,β-unsaturated/α-hetero) is 1. The van der Waals surface area contributed by atoms with Gasteiger partial charge in [-0.05, 0) is 49.1 Å². The first-order valence-electron chi connectivity index (χ1n) is 10.4. The fourth-order valence-electron chi connectivity index (χ4n) is 3.17. The molecule has 3 aromatic rings. The maximum absolute atomic E-state index is 12.7. The van der Waals surface area contributed by atoms with E-state index >= 15 is 0 Å². The first-order chi connectivity index (χ1) is 14.9. The van der Waals surface area contributed by atoms with Gasteiger partial charge in [0.25, 0.3) is 0 Å². The van der Waals surface area contributed by atoms with Gasteiger partial charge in [0.1, 0.15) is 5.82 Å². The molecule has 0 saturated heterocycles. The average Bonchev–Trinajstić information content (AvgIpc) is 3.16. The molecule has 2 aromatic carbocycles. The van der Waals surface area contributed by atoms with E-state index in [0.29, 0.717) is 23.7 Å². The molecule has 1 N–H and O–H groups in total. The third-order valence-corrected chi connectivity index (χ3v) is 6.12. The molecule has 0 spiro atoms. The van der Waals surface area contributed by atoms with Gasteiger partial charge in [0, 0.05) is 31.1 Å². The molecule has 31 heavy (non-hydrogen) atoms. The summed E-state index contributed by atoms with van der Waals surface area (Å²) in [6.45, 7) is 8.20. The van der Waals surface area contributed by atoms with Crippen LogP contribution < -0.4 is 5.32 Å². The molecule has 6 nitrogen and oxygen atoms in total. The van der Waals surface area contributed by atoms with Crippen molar-refractivity contribution in [3.63, 3.8) is 0 Å². The van der Waals surface area contributed by atoms with Crippen molar-refractivity contribution in [1.82, 2.24) is 20.1 Å². The fourth-order valence-corrected chi connectivity index (χ4v) is 4.04. The van der Waals surface area contributed by atoms with E-state index in [-0.39, 0.29) is 17.4 Å². The SMILES string of the molecule is CCc1ccc(C(=O)CSc2nnc(CCNC(C)=O)n2-c2ccc(C)c(C)c2)cc1. The van der Waals surface area contributed by atoms with Crippen LogP contribution in [0.4, 0.5) is 0 Å². The zero-order valence-electron chi connectivity index (χ0n) is 18.4. The molecule has 7 heteroatoms. The number of aryl methyl sites for hydroxylation is 3. The molecule has 0 unspecified atom stereocenters. The van der Waals surface area contributed by atoms with Crippen molar-refractivity contribution in [3.8, 4) is 5.69 Å². The lowest BCUT2D eigenvalue weighted by Gasteiger charge is -2.12. The van der Waals surface area contributed by atoms with Gasteiger partial charge in [-0.25, -0.2) is 0 Å². The molecule has 0 saturated carbocycles. The van der Waals surface area contributed by atoms with E-state index in [1.165, 1.54) is 35.4 Å². The molecule has 0 bridgehead atoms. The highest BCUT2D eigenvalue weighted by Crippen LogP contribution is 2.25. The summed E-state index contributed by atoms with van der Waals surface area (Å²) in [4.78, 5) is 23.9. The molecule has 3 rings (SSSR count). The minimum absolute atomic E-state index is 0.0575. The van der Waals surface area contributed by atoms with Crippen LogP contribution in [0.1, 0.15) is 46.7 Å². The normalized spacial score (nSPS) is 10.8. The molecule has 162 valence electrons. The standard InChI is InChI=1S/C24H28N4O2S/c1-5-19-7-9-20(10-8-19)22(30)15-31-24-27-26-23(12-13-25-18(4)29)28(24)21-11-6-16(2)17(3)14-21/h6-11,14H,5,12-13,15H2,1-4H3,(H,25,29). The Kier molecular flexibility index (Phi) is 7.63. The van der Waals surface area contributed by atoms with Crippen molar-refractivity contribution in [2.24, 2.45) is 0 Å². The highest BCUT2D eigenvalue weighted by atomic mass is 32.2. The van der Waals surface area contributed by atoms with E-state index in [0.717, 1.165) is 17.9 Å². The Hall–Kier alpha value is -2.93. The van der Waals surface area contributed by atoms with E-state index in [4.69, 9.17) is 0 Å². The van der Waals surface area contributed by atoms with Gasteiger partial charge in [-0.1, -0.05) is 49.0 Å². The number of rotatable bonds is 9. The van der Waals surface area contributed by atoms with Crippen molar-refractivity contribution in [2.75, 3.05) is 12.3 Å². The monoisotopic (exact) mass is 436 g/mol. The smallest absolute Gasteiger partial charge is 0.216 e. The minimum Gasteiger partial charge on any atom is -0.356 e. The van der Waals surface area contributed by atoms with Gasteiger partial charge in [0.15, 0.2) is 10.9 Å². The van der Waals surface area contributed by atoms with Crippen LogP contribution in [0.5, 0.6) is 0 Å². The number of ketones is 1. The van der Waals surface area contributed by atoms with E-state index < -0.39 is 0 Å². The Morgan fingerprint density at radius 1 is 1.03 bits per heavy atom. The first-order valence-corrected chi connectivity index (χ1v) is 11.4. The number of amides is 1. The molecule has 1 aromatic heterocycles. The molecule has 1 heterocycles. The third kappa shape index (κ3) is 5.82. The zero-order valence-corrected chi connectivity index (χ0v) is 19.3. The summed E-state index contributed by atoms with van der Waals surface area (Å²) in [5, 5.41) is 12.2. The Morgan fingerprint density at radius 3 is 2.42 bits per heavy atom. The second-order valence-electron chi connectivity index (χ2n) is 7.50. The Bertz CT molecular complexity index is 1070. The van der Waals surface area contributed by atoms with Crippen molar-refractivity contribution in [1.29, 1.82) is 0 Å². The predicted octanol–water partition coefficient (Wildman–Crippen LogP) is 4.10. The Labute approximate surface area is 187 Å². The molecular weight excluding hydrogens is 408 g/mol. The number of thioether (sulfide) groups is 1. The number of aromatic nitrogens is 3. The molecule has 0 atom stereocenters. The summed E-state index contributed by atoms with van der Waals surface area (Å²) < 4.78 is 1.98. The molecular formula is C24H28N4O2S. The Balaban J connectivity index is 1.82. The van der Waals surface area contributed by atoms with Gasteiger partial charge in [-0.2, -0.15) is 0 Å². The van der Waals surface area contributed by atoms with Crippen molar-refractivity contribution >= 4 is 23.5 Å². The Morgan fingerprint density at radius 2 is 1.77 bits per heavy atom. The number of carbonyl (C=O) groups is 2. The number of nitrogens with one attached hydrogen (secondary N) is 1. The third-order valence-electron chi connectivity index (χ3n) is 5.19. The summed E-state index contributed by atoms with van der Waals surface area (Å²) in [7, 11) is 0. The van der Waals surface area contributed by atoms with Crippen LogP contribution in [0.2, 0.25) is 0 Å². The summed E-state index contributed by atoms with van der Waals surface area (Å²) in [6.07, 6.45) is 1.50. The summed E-state index contributed by atoms with van der Waals surface area (Å²) in [5.41, 5.74) is 5.24. The van der Waals surface area contributed by atoms with Crippen molar-refractivity contribution in [3.05, 3.63) is 70.5 Å². The number of nitrogens with zero attached hydrogens (tertiary/aromatic N) is 3. The maximum atomic E-state index is 12.7. The van der Waals surface area contributed by atoms with Crippen LogP contribution >= 0.6 is 11.8 Å². The van der Waals surface area contributed by atoms with Crippen LogP contribution in [0.25, 0.3) is 5.69 Å². The van der Waals surface area contributed by atoms with Gasteiger partial charge >= 0.3 is 0 Å². The average molecular weight is 437 g/mol. The lowest BCUT2D eigenvalue weighted by Crippen LogP contribution is -2.23. The fraction of sp³-hybridized carbons (Fsp3) is 0.333. The number of hydrogen-bond donors (Lipinski definition) is 1. The molecule has 0 aliphatic rings. The number of benzene rings is 2. The number of carbonyl (C=O) groups excluding carboxylic acids is 2. The van der Waals surface area contributed by atoms with Gasteiger partial charge in [-0.15, -0.1) is 10.2 Å². The lowest BCUT2D eigenvalue weighted by molar-refractivity contribution is -0.118. The van der Waals surface area contributed by atoms with E-state index in [1.807, 2.05) is 34.9 Å². The van der Waals surface area contributed by atoms with E-state index in [9.17, 15) is 9.59 Å². The van der Waals surface area contributed by atoms with Crippen LogP contribution in [-0.4, -0.2) is 38.8 Å².